The summed E-state index contributed by atoms with van der Waals surface area (Å²) in [6.45, 7) is 0. The first-order chi connectivity index (χ1) is 17.7. The summed E-state index contributed by atoms with van der Waals surface area (Å²) in [5.74, 6) is 0. The van der Waals surface area contributed by atoms with Gasteiger partial charge in [0, 0.05) is 32.2 Å². The van der Waals surface area contributed by atoms with Crippen molar-refractivity contribution < 1.29 is 4.57 Å². The molecule has 0 aliphatic rings. The lowest BCUT2D eigenvalue weighted by Crippen LogP contribution is -2.25. The maximum absolute atomic E-state index is 14.8. The molecule has 0 aliphatic carbocycles. The maximum atomic E-state index is 14.8. The topological polar surface area (TPSA) is 34.4 Å². The number of pyridine rings is 1. The lowest BCUT2D eigenvalue weighted by atomic mass is 10.1. The molecule has 0 fully saturated rings. The van der Waals surface area contributed by atoms with Crippen molar-refractivity contribution in [3.8, 4) is 11.1 Å². The number of benzene rings is 4. The van der Waals surface area contributed by atoms with Gasteiger partial charge in [-0.1, -0.05) is 97.1 Å². The van der Waals surface area contributed by atoms with Crippen molar-refractivity contribution in [1.82, 2.24) is 9.38 Å². The van der Waals surface area contributed by atoms with Gasteiger partial charge in [0.15, 0.2) is 7.14 Å². The molecule has 0 amide bonds. The quantitative estimate of drug-likeness (QED) is 0.244. The Morgan fingerprint density at radius 2 is 1.31 bits per heavy atom. The molecule has 0 atom stereocenters. The van der Waals surface area contributed by atoms with Crippen molar-refractivity contribution in [3.05, 3.63) is 128 Å². The highest BCUT2D eigenvalue weighted by atomic mass is 32.1. The van der Waals surface area contributed by atoms with E-state index in [1.165, 1.54) is 10.1 Å². The zero-order valence-electron chi connectivity index (χ0n) is 19.3. The van der Waals surface area contributed by atoms with Gasteiger partial charge in [0.25, 0.3) is 0 Å². The Morgan fingerprint density at radius 1 is 0.639 bits per heavy atom. The summed E-state index contributed by atoms with van der Waals surface area (Å²) in [6.07, 6.45) is 2.15. The first-order valence-corrected chi connectivity index (χ1v) is 14.4. The number of rotatable bonds is 4. The molecule has 3 aromatic heterocycles. The Balaban J connectivity index is 1.41. The Kier molecular flexibility index (Phi) is 4.92. The summed E-state index contributed by atoms with van der Waals surface area (Å²) < 4.78 is 18.2. The van der Waals surface area contributed by atoms with Crippen molar-refractivity contribution in [1.29, 1.82) is 0 Å². The lowest BCUT2D eigenvalue weighted by molar-refractivity contribution is 0.592. The van der Waals surface area contributed by atoms with E-state index in [9.17, 15) is 4.57 Å². The molecule has 0 aliphatic heterocycles. The van der Waals surface area contributed by atoms with Gasteiger partial charge in [0.05, 0.1) is 0 Å². The minimum Gasteiger partial charge on any atom is -0.309 e. The highest BCUT2D eigenvalue weighted by Gasteiger charge is 2.29. The summed E-state index contributed by atoms with van der Waals surface area (Å²) >= 11 is 1.76. The van der Waals surface area contributed by atoms with E-state index in [-0.39, 0.29) is 0 Å². The van der Waals surface area contributed by atoms with Gasteiger partial charge in [-0.15, -0.1) is 11.3 Å². The molecule has 0 radical (unpaired) electrons. The van der Waals surface area contributed by atoms with Crippen LogP contribution < -0.4 is 15.9 Å². The molecule has 0 spiro atoms. The van der Waals surface area contributed by atoms with E-state index in [4.69, 9.17) is 4.98 Å². The maximum Gasteiger partial charge on any atom is 0.171 e. The van der Waals surface area contributed by atoms with Crippen LogP contribution in [0, 0.1) is 0 Å². The van der Waals surface area contributed by atoms with Crippen molar-refractivity contribution in [2.75, 3.05) is 0 Å². The molecular formula is C31H21N2OPS. The van der Waals surface area contributed by atoms with Crippen LogP contribution >= 0.6 is 18.5 Å². The van der Waals surface area contributed by atoms with Crippen LogP contribution in [-0.2, 0) is 4.57 Å². The molecule has 7 aromatic rings. The van der Waals surface area contributed by atoms with Crippen molar-refractivity contribution in [2.24, 2.45) is 0 Å². The molecule has 0 saturated carbocycles. The number of hydrogen-bond donors (Lipinski definition) is 0. The lowest BCUT2D eigenvalue weighted by Gasteiger charge is -2.20. The van der Waals surface area contributed by atoms with E-state index in [1.54, 1.807) is 11.3 Å². The molecule has 0 unspecified atom stereocenters. The normalized spacial score (nSPS) is 12.0. The van der Waals surface area contributed by atoms with Crippen LogP contribution in [0.25, 0.3) is 37.2 Å². The fourth-order valence-corrected chi connectivity index (χ4v) is 8.75. The van der Waals surface area contributed by atoms with E-state index in [0.717, 1.165) is 43.0 Å². The number of imidazole rings is 1. The van der Waals surface area contributed by atoms with Crippen LogP contribution in [0.4, 0.5) is 0 Å². The van der Waals surface area contributed by atoms with Crippen LogP contribution in [0.1, 0.15) is 0 Å². The third-order valence-electron chi connectivity index (χ3n) is 6.71. The number of nitrogens with zero attached hydrogens (tertiary/aromatic N) is 2. The molecule has 3 nitrogen and oxygen atoms in total. The average Bonchev–Trinajstić information content (AvgIpc) is 3.49. The third kappa shape index (κ3) is 3.26. The monoisotopic (exact) mass is 500 g/mol. The highest BCUT2D eigenvalue weighted by Crippen LogP contribution is 2.43. The Morgan fingerprint density at radius 3 is 2.06 bits per heavy atom. The van der Waals surface area contributed by atoms with E-state index >= 15 is 0 Å². The Hall–Kier alpha value is -3.98. The van der Waals surface area contributed by atoms with Crippen LogP contribution in [-0.4, -0.2) is 9.38 Å². The van der Waals surface area contributed by atoms with Crippen molar-refractivity contribution in [3.63, 3.8) is 0 Å². The van der Waals surface area contributed by atoms with Crippen LogP contribution in [0.5, 0.6) is 0 Å². The minimum atomic E-state index is -3.04. The molecule has 36 heavy (non-hydrogen) atoms. The molecule has 0 bridgehead atoms. The van der Waals surface area contributed by atoms with Crippen LogP contribution in [0.2, 0.25) is 0 Å². The van der Waals surface area contributed by atoms with Gasteiger partial charge >= 0.3 is 0 Å². The predicted octanol–water partition coefficient (Wildman–Crippen LogP) is 7.01. The summed E-state index contributed by atoms with van der Waals surface area (Å²) in [7, 11) is -3.04. The SMILES string of the molecule is O=P(c1ccccc1)(c1ccccc1)c1cccc(-c2ccc3nc4c5ccccc5sc4n3c2)c1. The zero-order valence-corrected chi connectivity index (χ0v) is 21.0. The second-order valence-corrected chi connectivity index (χ2v) is 12.6. The summed E-state index contributed by atoms with van der Waals surface area (Å²) in [6, 6.07) is 40.4. The molecule has 5 heteroatoms. The van der Waals surface area contributed by atoms with Gasteiger partial charge < -0.3 is 4.57 Å². The number of aromatic nitrogens is 2. The molecule has 172 valence electrons. The molecule has 0 saturated heterocycles. The van der Waals surface area contributed by atoms with Gasteiger partial charge in [-0.2, -0.15) is 0 Å². The number of hydrogen-bond acceptors (Lipinski definition) is 3. The fraction of sp³-hybridized carbons (Fsp3) is 0. The Bertz CT molecular complexity index is 1880. The summed E-state index contributed by atoms with van der Waals surface area (Å²) in [5.41, 5.74) is 4.07. The standard InChI is InChI=1S/C31H21N2OPS/c34-35(24-11-3-1-4-12-24,25-13-5-2-6-14-25)26-15-9-10-22(20-26)23-18-19-29-32-30-27-16-7-8-17-28(27)36-31(30)33(29)21-23/h1-21H. The second kappa shape index (κ2) is 8.30. The smallest absolute Gasteiger partial charge is 0.171 e. The third-order valence-corrected chi connectivity index (χ3v) is 10.9. The molecule has 0 N–H and O–H groups in total. The highest BCUT2D eigenvalue weighted by molar-refractivity contribution is 7.85. The minimum absolute atomic E-state index is 0.829. The van der Waals surface area contributed by atoms with Gasteiger partial charge in [-0.3, -0.25) is 4.40 Å². The largest absolute Gasteiger partial charge is 0.309 e. The average molecular weight is 501 g/mol. The van der Waals surface area contributed by atoms with E-state index in [1.807, 2.05) is 72.8 Å². The summed E-state index contributed by atoms with van der Waals surface area (Å²) in [4.78, 5) is 6.05. The Labute approximate surface area is 212 Å². The molecule has 4 aromatic carbocycles. The number of thiophene rings is 1. The van der Waals surface area contributed by atoms with Gasteiger partial charge in [-0.25, -0.2) is 4.98 Å². The second-order valence-electron chi connectivity index (χ2n) is 8.84. The first-order valence-electron chi connectivity index (χ1n) is 11.8. The first kappa shape index (κ1) is 21.3. The van der Waals surface area contributed by atoms with Crippen LogP contribution in [0.3, 0.4) is 0 Å². The number of fused-ring (bicyclic) bond motifs is 5. The van der Waals surface area contributed by atoms with Gasteiger partial charge in [0.1, 0.15) is 16.0 Å². The molecular weight excluding hydrogens is 479 g/mol. The van der Waals surface area contributed by atoms with Crippen molar-refractivity contribution >= 4 is 60.5 Å². The van der Waals surface area contributed by atoms with Gasteiger partial charge in [-0.05, 0) is 35.4 Å². The fourth-order valence-electron chi connectivity index (χ4n) is 4.93. The van der Waals surface area contributed by atoms with Crippen molar-refractivity contribution in [2.45, 2.75) is 0 Å². The predicted molar refractivity (Wildman–Crippen MR) is 153 cm³/mol. The van der Waals surface area contributed by atoms with E-state index in [0.29, 0.717) is 0 Å². The van der Waals surface area contributed by atoms with E-state index in [2.05, 4.69) is 59.1 Å². The van der Waals surface area contributed by atoms with Gasteiger partial charge in [0.2, 0.25) is 0 Å². The molecule has 3 heterocycles. The molecule has 7 rings (SSSR count). The summed E-state index contributed by atoms with van der Waals surface area (Å²) in [5, 5.41) is 3.70. The van der Waals surface area contributed by atoms with Crippen LogP contribution in [0.15, 0.2) is 128 Å². The zero-order chi connectivity index (χ0) is 24.1. The van der Waals surface area contributed by atoms with E-state index < -0.39 is 7.14 Å².